The third-order valence-electron chi connectivity index (χ3n) is 4.17. The Morgan fingerprint density at radius 2 is 1.53 bits per heavy atom. The largest absolute Gasteiger partial charge is 0.303 e. The van der Waals surface area contributed by atoms with Gasteiger partial charge in [-0.3, -0.25) is 0 Å². The van der Waals surface area contributed by atoms with E-state index in [2.05, 4.69) is 4.90 Å². The lowest BCUT2D eigenvalue weighted by molar-refractivity contribution is 0.152. The number of likely N-dealkylation sites (tertiary alicyclic amines) is 1. The van der Waals surface area contributed by atoms with E-state index >= 15 is 0 Å². The van der Waals surface area contributed by atoms with Crippen LogP contribution in [-0.2, 0) is 0 Å². The van der Waals surface area contributed by atoms with Gasteiger partial charge in [0.2, 0.25) is 0 Å². The van der Waals surface area contributed by atoms with Gasteiger partial charge in [0.15, 0.2) is 0 Å². The van der Waals surface area contributed by atoms with Gasteiger partial charge < -0.3 is 4.90 Å². The van der Waals surface area contributed by atoms with Crippen molar-refractivity contribution >= 4 is 11.6 Å². The highest BCUT2D eigenvalue weighted by Gasteiger charge is 2.21. The smallest absolute Gasteiger partial charge is 0.0252 e. The summed E-state index contributed by atoms with van der Waals surface area (Å²) in [5, 5.41) is 0. The summed E-state index contributed by atoms with van der Waals surface area (Å²) in [6.07, 6.45) is 10.0. The molecule has 1 nitrogen and oxygen atoms in total. The minimum atomic E-state index is 0.800. The van der Waals surface area contributed by atoms with Gasteiger partial charge in [0.1, 0.15) is 0 Å². The summed E-state index contributed by atoms with van der Waals surface area (Å²) in [5.74, 6) is 2.68. The maximum absolute atomic E-state index is 5.90. The van der Waals surface area contributed by atoms with Crippen LogP contribution in [0.15, 0.2) is 0 Å². The zero-order valence-electron chi connectivity index (χ0n) is 9.76. The highest BCUT2D eigenvalue weighted by atomic mass is 35.5. The fourth-order valence-corrected chi connectivity index (χ4v) is 3.37. The molecular formula is C13H24ClN. The molecule has 0 aromatic carbocycles. The molecule has 2 fully saturated rings. The third kappa shape index (κ3) is 3.64. The second-order valence-corrected chi connectivity index (χ2v) is 5.71. The lowest BCUT2D eigenvalue weighted by atomic mass is 9.88. The number of halogens is 1. The van der Waals surface area contributed by atoms with E-state index in [0.29, 0.717) is 0 Å². The predicted molar refractivity (Wildman–Crippen MR) is 66.5 cm³/mol. The Bertz CT molecular complexity index is 169. The molecule has 0 atom stereocenters. The third-order valence-corrected chi connectivity index (χ3v) is 4.60. The summed E-state index contributed by atoms with van der Waals surface area (Å²) in [7, 11) is 0. The monoisotopic (exact) mass is 229 g/mol. The van der Waals surface area contributed by atoms with Crippen molar-refractivity contribution in [3.63, 3.8) is 0 Å². The first-order chi connectivity index (χ1) is 7.38. The average Bonchev–Trinajstić information content (AvgIpc) is 2.31. The van der Waals surface area contributed by atoms with Crippen LogP contribution in [0.2, 0.25) is 0 Å². The molecule has 15 heavy (non-hydrogen) atoms. The molecule has 1 saturated carbocycles. The van der Waals surface area contributed by atoms with Gasteiger partial charge in [-0.1, -0.05) is 19.3 Å². The molecular weight excluding hydrogens is 206 g/mol. The van der Waals surface area contributed by atoms with E-state index in [4.69, 9.17) is 11.6 Å². The number of hydrogen-bond acceptors (Lipinski definition) is 1. The topological polar surface area (TPSA) is 3.24 Å². The van der Waals surface area contributed by atoms with Crippen LogP contribution in [0.5, 0.6) is 0 Å². The van der Waals surface area contributed by atoms with Crippen LogP contribution >= 0.6 is 11.6 Å². The van der Waals surface area contributed by atoms with Crippen molar-refractivity contribution in [2.75, 3.05) is 25.5 Å². The Kier molecular flexibility index (Phi) is 4.77. The molecule has 0 bridgehead atoms. The van der Waals surface area contributed by atoms with Crippen molar-refractivity contribution in [3.05, 3.63) is 0 Å². The number of rotatable bonds is 3. The van der Waals surface area contributed by atoms with Gasteiger partial charge in [0.25, 0.3) is 0 Å². The molecule has 0 aromatic heterocycles. The zero-order valence-corrected chi connectivity index (χ0v) is 10.5. The summed E-state index contributed by atoms with van der Waals surface area (Å²) in [4.78, 5) is 2.68. The van der Waals surface area contributed by atoms with Crippen molar-refractivity contribution in [1.29, 1.82) is 0 Å². The van der Waals surface area contributed by atoms with Crippen LogP contribution in [0.4, 0.5) is 0 Å². The minimum absolute atomic E-state index is 0.800. The quantitative estimate of drug-likeness (QED) is 0.670. The second kappa shape index (κ2) is 6.10. The lowest BCUT2D eigenvalue weighted by Gasteiger charge is -2.34. The SMILES string of the molecule is ClCC1CCN(CC2CCCCC2)CC1. The van der Waals surface area contributed by atoms with Gasteiger partial charge in [0.05, 0.1) is 0 Å². The maximum atomic E-state index is 5.90. The van der Waals surface area contributed by atoms with Crippen LogP contribution < -0.4 is 0 Å². The van der Waals surface area contributed by atoms with Crippen LogP contribution in [-0.4, -0.2) is 30.4 Å². The molecule has 0 N–H and O–H groups in total. The van der Waals surface area contributed by atoms with E-state index in [1.54, 1.807) is 0 Å². The molecule has 88 valence electrons. The van der Waals surface area contributed by atoms with Crippen LogP contribution in [0.1, 0.15) is 44.9 Å². The van der Waals surface area contributed by atoms with Gasteiger partial charge in [-0.15, -0.1) is 11.6 Å². The van der Waals surface area contributed by atoms with Gasteiger partial charge in [-0.05, 0) is 50.6 Å². The molecule has 1 aliphatic carbocycles. The van der Waals surface area contributed by atoms with E-state index in [-0.39, 0.29) is 0 Å². The second-order valence-electron chi connectivity index (χ2n) is 5.40. The van der Waals surface area contributed by atoms with Gasteiger partial charge in [-0.2, -0.15) is 0 Å². The predicted octanol–water partition coefficient (Wildman–Crippen LogP) is 3.52. The number of alkyl halides is 1. The zero-order chi connectivity index (χ0) is 10.5. The van der Waals surface area contributed by atoms with Crippen molar-refractivity contribution in [3.8, 4) is 0 Å². The molecule has 1 saturated heterocycles. The minimum Gasteiger partial charge on any atom is -0.303 e. The summed E-state index contributed by atoms with van der Waals surface area (Å²) in [6.45, 7) is 3.97. The highest BCUT2D eigenvalue weighted by molar-refractivity contribution is 6.18. The molecule has 0 amide bonds. The Hall–Kier alpha value is 0.250. The molecule has 0 spiro atoms. The van der Waals surface area contributed by atoms with Crippen LogP contribution in [0, 0.1) is 11.8 Å². The highest BCUT2D eigenvalue weighted by Crippen LogP contribution is 2.26. The van der Waals surface area contributed by atoms with Crippen molar-refractivity contribution in [2.24, 2.45) is 11.8 Å². The van der Waals surface area contributed by atoms with E-state index in [0.717, 1.165) is 17.7 Å². The molecule has 1 aliphatic heterocycles. The summed E-state index contributed by atoms with van der Waals surface area (Å²) in [6, 6.07) is 0. The number of nitrogens with zero attached hydrogens (tertiary/aromatic N) is 1. The molecule has 2 heteroatoms. The number of hydrogen-bond donors (Lipinski definition) is 0. The Morgan fingerprint density at radius 3 is 2.13 bits per heavy atom. The fraction of sp³-hybridized carbons (Fsp3) is 1.00. The Balaban J connectivity index is 1.67. The van der Waals surface area contributed by atoms with E-state index in [1.165, 1.54) is 64.6 Å². The van der Waals surface area contributed by atoms with Crippen molar-refractivity contribution < 1.29 is 0 Å². The standard InChI is InChI=1S/C13H24ClN/c14-10-12-6-8-15(9-7-12)11-13-4-2-1-3-5-13/h12-13H,1-11H2. The lowest BCUT2D eigenvalue weighted by Crippen LogP contribution is -2.37. The van der Waals surface area contributed by atoms with Crippen molar-refractivity contribution in [1.82, 2.24) is 4.90 Å². The first-order valence-corrected chi connectivity index (χ1v) is 7.20. The molecule has 2 aliphatic rings. The number of piperidine rings is 1. The van der Waals surface area contributed by atoms with Gasteiger partial charge in [-0.25, -0.2) is 0 Å². The first kappa shape index (κ1) is 11.7. The molecule has 2 rings (SSSR count). The summed E-state index contributed by atoms with van der Waals surface area (Å²) < 4.78 is 0. The summed E-state index contributed by atoms with van der Waals surface area (Å²) >= 11 is 5.90. The van der Waals surface area contributed by atoms with E-state index in [9.17, 15) is 0 Å². The molecule has 1 heterocycles. The van der Waals surface area contributed by atoms with E-state index in [1.807, 2.05) is 0 Å². The molecule has 0 radical (unpaired) electrons. The van der Waals surface area contributed by atoms with Crippen molar-refractivity contribution in [2.45, 2.75) is 44.9 Å². The molecule has 0 aromatic rings. The van der Waals surface area contributed by atoms with Gasteiger partial charge in [0, 0.05) is 12.4 Å². The normalized spacial score (nSPS) is 27.0. The van der Waals surface area contributed by atoms with Crippen LogP contribution in [0.3, 0.4) is 0 Å². The van der Waals surface area contributed by atoms with Gasteiger partial charge >= 0.3 is 0 Å². The average molecular weight is 230 g/mol. The maximum Gasteiger partial charge on any atom is 0.0252 e. The fourth-order valence-electron chi connectivity index (χ4n) is 3.06. The first-order valence-electron chi connectivity index (χ1n) is 6.67. The molecule has 0 unspecified atom stereocenters. The summed E-state index contributed by atoms with van der Waals surface area (Å²) in [5.41, 5.74) is 0. The van der Waals surface area contributed by atoms with Crippen LogP contribution in [0.25, 0.3) is 0 Å². The Labute approximate surface area is 99.2 Å². The van der Waals surface area contributed by atoms with E-state index < -0.39 is 0 Å². The Morgan fingerprint density at radius 1 is 0.867 bits per heavy atom.